The third kappa shape index (κ3) is 4.42. The molecule has 0 atom stereocenters. The van der Waals surface area contributed by atoms with Crippen molar-refractivity contribution in [2.75, 3.05) is 7.11 Å². The summed E-state index contributed by atoms with van der Waals surface area (Å²) in [5.41, 5.74) is 0.836. The zero-order chi connectivity index (χ0) is 19.3. The molecule has 0 N–H and O–H groups in total. The molecule has 0 bridgehead atoms. The van der Waals surface area contributed by atoms with E-state index in [4.69, 9.17) is 4.74 Å². The van der Waals surface area contributed by atoms with Gasteiger partial charge in [-0.25, -0.2) is 18.0 Å². The van der Waals surface area contributed by atoms with Crippen molar-refractivity contribution in [1.82, 2.24) is 0 Å². The van der Waals surface area contributed by atoms with E-state index in [1.165, 1.54) is 13.2 Å². The highest BCUT2D eigenvalue weighted by atomic mass is 32.2. The highest BCUT2D eigenvalue weighted by molar-refractivity contribution is 7.91. The number of methoxy groups -OCH3 is 1. The molecule has 0 aliphatic heterocycles. The van der Waals surface area contributed by atoms with Crippen LogP contribution in [0.15, 0.2) is 53.4 Å². The molecule has 0 saturated carbocycles. The predicted octanol–water partition coefficient (Wildman–Crippen LogP) is 2.83. The Morgan fingerprint density at radius 3 is 2.23 bits per heavy atom. The van der Waals surface area contributed by atoms with E-state index in [1.54, 1.807) is 18.2 Å². The van der Waals surface area contributed by atoms with Gasteiger partial charge >= 0.3 is 17.7 Å². The van der Waals surface area contributed by atoms with Crippen molar-refractivity contribution in [3.05, 3.63) is 65.2 Å². The summed E-state index contributed by atoms with van der Waals surface area (Å²) >= 11 is 0. The van der Waals surface area contributed by atoms with Gasteiger partial charge in [-0.05, 0) is 42.0 Å². The normalized spacial score (nSPS) is 11.2. The fraction of sp³-hybridized carbons (Fsp3) is 0.176. The number of benzene rings is 2. The van der Waals surface area contributed by atoms with Crippen molar-refractivity contribution < 1.29 is 36.3 Å². The maximum Gasteiger partial charge on any atom is 0.341 e. The standard InChI is InChI=1S/C17H14F2O6S/c1-24-15(20)13-4-2-3-11(9-13)10-25-16(21)12-5-7-14(8-6-12)26(22,23)17(18)19/h2-9,17H,10H2,1H3. The maximum absolute atomic E-state index is 12.5. The van der Waals surface area contributed by atoms with E-state index in [9.17, 15) is 26.8 Å². The number of halogens is 2. The number of alkyl halides is 2. The van der Waals surface area contributed by atoms with Crippen LogP contribution in [0.3, 0.4) is 0 Å². The van der Waals surface area contributed by atoms with Gasteiger partial charge in [0, 0.05) is 0 Å². The number of ether oxygens (including phenoxy) is 2. The Morgan fingerprint density at radius 1 is 1.00 bits per heavy atom. The smallest absolute Gasteiger partial charge is 0.341 e. The van der Waals surface area contributed by atoms with Crippen molar-refractivity contribution in [3.8, 4) is 0 Å². The molecule has 26 heavy (non-hydrogen) atoms. The van der Waals surface area contributed by atoms with E-state index in [-0.39, 0.29) is 12.2 Å². The molecule has 0 radical (unpaired) electrons. The summed E-state index contributed by atoms with van der Waals surface area (Å²) in [5.74, 6) is -4.84. The molecule has 6 nitrogen and oxygen atoms in total. The van der Waals surface area contributed by atoms with Gasteiger partial charge in [0.25, 0.3) is 0 Å². The lowest BCUT2D eigenvalue weighted by atomic mass is 10.1. The first-order valence-corrected chi connectivity index (χ1v) is 8.77. The Bertz CT molecular complexity index is 907. The number of sulfone groups is 1. The molecule has 2 aromatic carbocycles. The number of carbonyl (C=O) groups excluding carboxylic acids is 2. The highest BCUT2D eigenvalue weighted by Crippen LogP contribution is 2.19. The molecule has 0 fully saturated rings. The van der Waals surface area contributed by atoms with E-state index >= 15 is 0 Å². The van der Waals surface area contributed by atoms with E-state index < -0.39 is 32.4 Å². The van der Waals surface area contributed by atoms with Crippen LogP contribution in [0.2, 0.25) is 0 Å². The molecular weight excluding hydrogens is 370 g/mol. The first-order valence-electron chi connectivity index (χ1n) is 7.22. The van der Waals surface area contributed by atoms with Crippen molar-refractivity contribution in [2.45, 2.75) is 17.3 Å². The minimum atomic E-state index is -4.72. The van der Waals surface area contributed by atoms with Gasteiger partial charge in [0.15, 0.2) is 0 Å². The van der Waals surface area contributed by atoms with E-state index in [0.717, 1.165) is 24.3 Å². The van der Waals surface area contributed by atoms with Crippen LogP contribution in [-0.4, -0.2) is 33.2 Å². The summed E-state index contributed by atoms with van der Waals surface area (Å²) in [6.45, 7) is -0.138. The Labute approximate surface area is 148 Å². The monoisotopic (exact) mass is 384 g/mol. The van der Waals surface area contributed by atoms with E-state index in [1.807, 2.05) is 0 Å². The Kier molecular flexibility index (Phi) is 6.04. The Morgan fingerprint density at radius 2 is 1.65 bits per heavy atom. The van der Waals surface area contributed by atoms with Gasteiger partial charge in [-0.3, -0.25) is 0 Å². The minimum Gasteiger partial charge on any atom is -0.465 e. The summed E-state index contributed by atoms with van der Waals surface area (Å²) in [6.07, 6.45) is 0. The number of hydrogen-bond donors (Lipinski definition) is 0. The van der Waals surface area contributed by atoms with Crippen molar-refractivity contribution in [3.63, 3.8) is 0 Å². The first-order chi connectivity index (χ1) is 12.3. The third-order valence-corrected chi connectivity index (χ3v) is 4.77. The molecule has 0 amide bonds. The average molecular weight is 384 g/mol. The number of esters is 2. The number of hydrogen-bond acceptors (Lipinski definition) is 6. The van der Waals surface area contributed by atoms with Crippen molar-refractivity contribution in [1.29, 1.82) is 0 Å². The van der Waals surface area contributed by atoms with E-state index in [0.29, 0.717) is 11.1 Å². The first kappa shape index (κ1) is 19.5. The number of carbonyl (C=O) groups is 2. The molecule has 0 spiro atoms. The second kappa shape index (κ2) is 8.05. The Hall–Kier alpha value is -2.81. The second-order valence-electron chi connectivity index (χ2n) is 5.10. The summed E-state index contributed by atoms with van der Waals surface area (Å²) in [4.78, 5) is 22.8. The molecule has 0 aliphatic carbocycles. The van der Waals surface area contributed by atoms with Crippen LogP contribution in [0.4, 0.5) is 8.78 Å². The molecule has 0 heterocycles. The van der Waals surface area contributed by atoms with E-state index in [2.05, 4.69) is 4.74 Å². The molecule has 2 aromatic rings. The van der Waals surface area contributed by atoms with Crippen LogP contribution in [0.25, 0.3) is 0 Å². The topological polar surface area (TPSA) is 86.7 Å². The number of rotatable bonds is 6. The summed E-state index contributed by atoms with van der Waals surface area (Å²) in [5, 5.41) is 0. The third-order valence-electron chi connectivity index (χ3n) is 3.37. The fourth-order valence-electron chi connectivity index (χ4n) is 2.02. The Balaban J connectivity index is 2.06. The average Bonchev–Trinajstić information content (AvgIpc) is 2.65. The second-order valence-corrected chi connectivity index (χ2v) is 7.02. The van der Waals surface area contributed by atoms with Crippen LogP contribution >= 0.6 is 0 Å². The minimum absolute atomic E-state index is 0.00217. The largest absolute Gasteiger partial charge is 0.465 e. The van der Waals surface area contributed by atoms with Crippen LogP contribution in [0.1, 0.15) is 26.3 Å². The summed E-state index contributed by atoms with van der Waals surface area (Å²) in [7, 11) is -3.48. The lowest BCUT2D eigenvalue weighted by molar-refractivity contribution is 0.0472. The van der Waals surface area contributed by atoms with Gasteiger partial charge in [0.2, 0.25) is 9.84 Å². The molecule has 9 heteroatoms. The van der Waals surface area contributed by atoms with Gasteiger partial charge in [0.1, 0.15) is 6.61 Å². The molecule has 0 aromatic heterocycles. The molecule has 138 valence electrons. The molecule has 2 rings (SSSR count). The van der Waals surface area contributed by atoms with Gasteiger partial charge in [0.05, 0.1) is 23.1 Å². The SMILES string of the molecule is COC(=O)c1cccc(COC(=O)c2ccc(S(=O)(=O)C(F)F)cc2)c1. The predicted molar refractivity (Wildman–Crippen MR) is 86.5 cm³/mol. The van der Waals surface area contributed by atoms with Gasteiger partial charge in [-0.15, -0.1) is 0 Å². The molecule has 0 aliphatic rings. The lowest BCUT2D eigenvalue weighted by Gasteiger charge is -2.07. The van der Waals surface area contributed by atoms with Crippen LogP contribution in [0.5, 0.6) is 0 Å². The zero-order valence-corrected chi connectivity index (χ0v) is 14.3. The van der Waals surface area contributed by atoms with Crippen molar-refractivity contribution in [2.24, 2.45) is 0 Å². The fourth-order valence-corrected chi connectivity index (χ4v) is 2.74. The van der Waals surface area contributed by atoms with Gasteiger partial charge in [-0.1, -0.05) is 12.1 Å². The van der Waals surface area contributed by atoms with Crippen molar-refractivity contribution >= 4 is 21.8 Å². The molecule has 0 unspecified atom stereocenters. The summed E-state index contributed by atoms with van der Waals surface area (Å²) in [6, 6.07) is 10.3. The lowest BCUT2D eigenvalue weighted by Crippen LogP contribution is -2.12. The maximum atomic E-state index is 12.5. The van der Waals surface area contributed by atoms with Gasteiger partial charge in [-0.2, -0.15) is 8.78 Å². The van der Waals surface area contributed by atoms with Gasteiger partial charge < -0.3 is 9.47 Å². The highest BCUT2D eigenvalue weighted by Gasteiger charge is 2.26. The quantitative estimate of drug-likeness (QED) is 0.712. The van der Waals surface area contributed by atoms with Crippen LogP contribution in [0, 0.1) is 0 Å². The van der Waals surface area contributed by atoms with Crippen LogP contribution < -0.4 is 0 Å². The molecular formula is C17H14F2O6S. The van der Waals surface area contributed by atoms with Crippen LogP contribution in [-0.2, 0) is 25.9 Å². The molecule has 0 saturated heterocycles. The summed E-state index contributed by atoms with van der Waals surface area (Å²) < 4.78 is 57.3. The zero-order valence-electron chi connectivity index (χ0n) is 13.5.